The van der Waals surface area contributed by atoms with Gasteiger partial charge in [0.25, 0.3) is 0 Å². The predicted octanol–water partition coefficient (Wildman–Crippen LogP) is 4.14. The molecule has 2 aromatic carbocycles. The second-order valence-corrected chi connectivity index (χ2v) is 18.0. The normalized spacial score (nSPS) is 17.7. The van der Waals surface area contributed by atoms with Gasteiger partial charge in [-0.3, -0.25) is 28.9 Å². The molecule has 16 heteroatoms. The lowest BCUT2D eigenvalue weighted by Gasteiger charge is -2.41. The number of benzene rings is 2. The largest absolute Gasteiger partial charge is 0.411 e. The fourth-order valence-corrected chi connectivity index (χ4v) is 8.88. The van der Waals surface area contributed by atoms with Gasteiger partial charge in [-0.15, -0.1) is 0 Å². The van der Waals surface area contributed by atoms with Crippen molar-refractivity contribution in [2.24, 2.45) is 29.4 Å². The molecule has 1 heterocycles. The monoisotopic (exact) mass is 894 g/mol. The van der Waals surface area contributed by atoms with Crippen LogP contribution in [0.25, 0.3) is 0 Å². The minimum absolute atomic E-state index is 0.0222. The van der Waals surface area contributed by atoms with E-state index >= 15 is 0 Å². The SMILES string of the molecule is CC[C@H](C)[C@@H]([C@@H](CC(=O)N1CCC[C@H]1[C@H](OC)[C@@H](C)C(=O)NC(Cc1ccccc1)C(=O)NCc1ccc(OC(N)=O)cc1)OC)N(C)C(=O)[C@@H](NC(=O)[C@H](C(C)C)N(C)C)C(C)C. The van der Waals surface area contributed by atoms with Gasteiger partial charge in [0.15, 0.2) is 0 Å². The van der Waals surface area contributed by atoms with Crippen LogP contribution in [-0.2, 0) is 46.4 Å². The van der Waals surface area contributed by atoms with E-state index in [2.05, 4.69) is 16.0 Å². The topological polar surface area (TPSA) is 202 Å². The molecule has 1 unspecified atom stereocenters. The summed E-state index contributed by atoms with van der Waals surface area (Å²) in [5, 5.41) is 8.91. The van der Waals surface area contributed by atoms with Crippen LogP contribution in [0.15, 0.2) is 54.6 Å². The zero-order valence-corrected chi connectivity index (χ0v) is 40.1. The number of primary amides is 1. The Balaban J connectivity index is 1.79. The number of hydrogen-bond acceptors (Lipinski definition) is 10. The Morgan fingerprint density at radius 1 is 0.812 bits per heavy atom. The number of nitrogens with one attached hydrogen (secondary N) is 3. The van der Waals surface area contributed by atoms with Gasteiger partial charge < -0.3 is 45.7 Å². The van der Waals surface area contributed by atoms with Gasteiger partial charge in [-0.1, -0.05) is 97.4 Å². The van der Waals surface area contributed by atoms with Crippen molar-refractivity contribution in [2.75, 3.05) is 41.9 Å². The van der Waals surface area contributed by atoms with E-state index in [1.54, 1.807) is 55.1 Å². The van der Waals surface area contributed by atoms with E-state index in [1.165, 1.54) is 7.11 Å². The van der Waals surface area contributed by atoms with Crippen molar-refractivity contribution in [1.29, 1.82) is 0 Å². The lowest BCUT2D eigenvalue weighted by Crippen LogP contribution is -2.59. The number of nitrogens with zero attached hydrogens (tertiary/aromatic N) is 3. The summed E-state index contributed by atoms with van der Waals surface area (Å²) in [7, 11) is 8.47. The van der Waals surface area contributed by atoms with Crippen molar-refractivity contribution in [3.8, 4) is 5.75 Å². The van der Waals surface area contributed by atoms with Gasteiger partial charge in [0.1, 0.15) is 17.8 Å². The van der Waals surface area contributed by atoms with Gasteiger partial charge in [-0.25, -0.2) is 4.79 Å². The number of hydrogen-bond donors (Lipinski definition) is 4. The summed E-state index contributed by atoms with van der Waals surface area (Å²) in [6.45, 7) is 14.1. The number of carbonyl (C=O) groups is 6. The summed E-state index contributed by atoms with van der Waals surface area (Å²) in [6, 6.07) is 12.8. The quantitative estimate of drug-likeness (QED) is 0.119. The number of ether oxygens (including phenoxy) is 3. The van der Waals surface area contributed by atoms with Crippen molar-refractivity contribution in [3.05, 3.63) is 65.7 Å². The van der Waals surface area contributed by atoms with Crippen LogP contribution in [0.1, 0.15) is 85.3 Å². The maximum absolute atomic E-state index is 14.4. The summed E-state index contributed by atoms with van der Waals surface area (Å²) in [5.74, 6) is -2.19. The van der Waals surface area contributed by atoms with Crippen LogP contribution in [0.4, 0.5) is 4.79 Å². The second kappa shape index (κ2) is 25.4. The Bertz CT molecular complexity index is 1820. The molecule has 1 aliphatic heterocycles. The number of likely N-dealkylation sites (N-methyl/N-ethyl adjacent to an activating group) is 2. The molecule has 2 aromatic rings. The zero-order valence-electron chi connectivity index (χ0n) is 40.1. The zero-order chi connectivity index (χ0) is 47.8. The number of likely N-dealkylation sites (tertiary alicyclic amines) is 1. The fraction of sp³-hybridized carbons (Fsp3) is 0.625. The van der Waals surface area contributed by atoms with Crippen LogP contribution >= 0.6 is 0 Å². The van der Waals surface area contributed by atoms with E-state index in [0.29, 0.717) is 25.8 Å². The first-order valence-corrected chi connectivity index (χ1v) is 22.5. The Morgan fingerprint density at radius 2 is 1.45 bits per heavy atom. The molecule has 0 saturated carbocycles. The number of carbonyl (C=O) groups excluding carboxylic acids is 6. The van der Waals surface area contributed by atoms with Crippen LogP contribution in [0.5, 0.6) is 5.75 Å². The molecule has 0 bridgehead atoms. The van der Waals surface area contributed by atoms with Gasteiger partial charge in [-0.2, -0.15) is 0 Å². The molecule has 0 spiro atoms. The average molecular weight is 894 g/mol. The summed E-state index contributed by atoms with van der Waals surface area (Å²) in [5.41, 5.74) is 6.69. The Hall–Kier alpha value is -5.06. The Labute approximate surface area is 380 Å². The first-order chi connectivity index (χ1) is 30.2. The van der Waals surface area contributed by atoms with Crippen molar-refractivity contribution in [3.63, 3.8) is 0 Å². The minimum Gasteiger partial charge on any atom is -0.411 e. The van der Waals surface area contributed by atoms with E-state index in [1.807, 2.05) is 90.9 Å². The molecular weight excluding hydrogens is 819 g/mol. The van der Waals surface area contributed by atoms with E-state index in [0.717, 1.165) is 11.1 Å². The molecule has 0 aromatic heterocycles. The molecule has 3 rings (SSSR count). The summed E-state index contributed by atoms with van der Waals surface area (Å²) < 4.78 is 17.0. The van der Waals surface area contributed by atoms with Gasteiger partial charge >= 0.3 is 6.09 Å². The van der Waals surface area contributed by atoms with E-state index in [9.17, 15) is 28.8 Å². The maximum atomic E-state index is 14.4. The van der Waals surface area contributed by atoms with Crippen LogP contribution in [0.3, 0.4) is 0 Å². The second-order valence-electron chi connectivity index (χ2n) is 18.0. The Morgan fingerprint density at radius 3 is 1.98 bits per heavy atom. The molecule has 64 heavy (non-hydrogen) atoms. The average Bonchev–Trinajstić information content (AvgIpc) is 3.74. The van der Waals surface area contributed by atoms with Crippen LogP contribution in [-0.4, -0.2) is 135 Å². The smallest absolute Gasteiger partial charge is 0.409 e. The van der Waals surface area contributed by atoms with Crippen LogP contribution in [0, 0.1) is 23.7 Å². The molecule has 0 radical (unpaired) electrons. The van der Waals surface area contributed by atoms with Gasteiger partial charge in [-0.05, 0) is 68.0 Å². The molecule has 6 amide bonds. The molecule has 356 valence electrons. The summed E-state index contributed by atoms with van der Waals surface area (Å²) in [4.78, 5) is 86.4. The van der Waals surface area contributed by atoms with Crippen LogP contribution in [0.2, 0.25) is 0 Å². The first kappa shape index (κ1) is 53.3. The lowest BCUT2D eigenvalue weighted by atomic mass is 9.89. The van der Waals surface area contributed by atoms with Gasteiger partial charge in [0.2, 0.25) is 29.5 Å². The van der Waals surface area contributed by atoms with Gasteiger partial charge in [0, 0.05) is 40.8 Å². The summed E-state index contributed by atoms with van der Waals surface area (Å²) >= 11 is 0. The van der Waals surface area contributed by atoms with Crippen molar-refractivity contribution in [2.45, 2.75) is 130 Å². The highest BCUT2D eigenvalue weighted by molar-refractivity contribution is 5.91. The van der Waals surface area contributed by atoms with E-state index in [4.69, 9.17) is 19.9 Å². The molecule has 16 nitrogen and oxygen atoms in total. The molecule has 1 saturated heterocycles. The van der Waals surface area contributed by atoms with Crippen LogP contribution < -0.4 is 26.4 Å². The number of nitrogens with two attached hydrogens (primary N) is 1. The standard InChI is InChI=1S/C48H75N7O9/c1-13-31(6)42(54(10)47(60)40(29(2)3)52-46(59)41(30(4)5)53(8)9)38(62-11)27-39(56)55-25-17-20-37(55)43(63-12)32(7)44(57)51-36(26-33-18-15-14-16-19-33)45(58)50-28-34-21-23-35(24-22-34)64-48(49)61/h14-16,18-19,21-24,29-32,36-38,40-43H,13,17,20,25-28H2,1-12H3,(H2,49,61)(H,50,58)(H,51,57)(H,52,59)/t31-,32+,36?,37-,38+,40-,41-,42-,43+/m0/s1. The first-order valence-electron chi connectivity index (χ1n) is 22.5. The molecule has 1 aliphatic rings. The minimum atomic E-state index is -0.929. The molecule has 0 aliphatic carbocycles. The summed E-state index contributed by atoms with van der Waals surface area (Å²) in [6.07, 6.45) is -0.0861. The fourth-order valence-electron chi connectivity index (χ4n) is 8.88. The molecule has 9 atom stereocenters. The van der Waals surface area contributed by atoms with E-state index < -0.39 is 66.2 Å². The third kappa shape index (κ3) is 14.7. The van der Waals surface area contributed by atoms with Crippen molar-refractivity contribution in [1.82, 2.24) is 30.7 Å². The highest BCUT2D eigenvalue weighted by Gasteiger charge is 2.43. The third-order valence-corrected chi connectivity index (χ3v) is 12.5. The maximum Gasteiger partial charge on any atom is 0.409 e. The molecule has 5 N–H and O–H groups in total. The molecule has 1 fully saturated rings. The number of rotatable bonds is 24. The highest BCUT2D eigenvalue weighted by atomic mass is 16.5. The predicted molar refractivity (Wildman–Crippen MR) is 246 cm³/mol. The van der Waals surface area contributed by atoms with E-state index in [-0.39, 0.29) is 60.6 Å². The van der Waals surface area contributed by atoms with Gasteiger partial charge in [0.05, 0.1) is 42.7 Å². The molecular formula is C48H75N7O9. The Kier molecular flexibility index (Phi) is 21.2. The number of methoxy groups -OCH3 is 2. The highest BCUT2D eigenvalue weighted by Crippen LogP contribution is 2.30. The third-order valence-electron chi connectivity index (χ3n) is 12.5. The van der Waals surface area contributed by atoms with Crippen molar-refractivity contribution < 1.29 is 43.0 Å². The van der Waals surface area contributed by atoms with Crippen molar-refractivity contribution >= 4 is 35.6 Å². The number of amides is 6. The lowest BCUT2D eigenvalue weighted by molar-refractivity contribution is -0.148.